The first-order valence-electron chi connectivity index (χ1n) is 5.39. The third-order valence-corrected chi connectivity index (χ3v) is 3.19. The third-order valence-electron chi connectivity index (χ3n) is 2.23. The summed E-state index contributed by atoms with van der Waals surface area (Å²) < 4.78 is 1.61. The molecule has 0 spiro atoms. The number of tetrazole rings is 1. The summed E-state index contributed by atoms with van der Waals surface area (Å²) in [4.78, 5) is 11.9. The van der Waals surface area contributed by atoms with Crippen LogP contribution in [0.1, 0.15) is 10.4 Å². The molecule has 18 heavy (non-hydrogen) atoms. The van der Waals surface area contributed by atoms with Crippen LogP contribution in [0.4, 0.5) is 0 Å². The molecule has 0 unspecified atom stereocenters. The Hall–Kier alpha value is -1.95. The molecule has 0 fully saturated rings. The van der Waals surface area contributed by atoms with E-state index in [0.29, 0.717) is 23.0 Å². The number of hydrogen-bond donors (Lipinski definition) is 0. The molecule has 0 radical (unpaired) electrons. The minimum atomic E-state index is 0.0637. The van der Waals surface area contributed by atoms with Crippen molar-refractivity contribution >= 4 is 17.5 Å². The van der Waals surface area contributed by atoms with Gasteiger partial charge < -0.3 is 0 Å². The molecular formula is C12H12N4OS. The van der Waals surface area contributed by atoms with E-state index in [1.54, 1.807) is 22.9 Å². The van der Waals surface area contributed by atoms with Crippen LogP contribution >= 0.6 is 11.8 Å². The number of nitrogens with zero attached hydrogens (tertiary/aromatic N) is 4. The van der Waals surface area contributed by atoms with Crippen LogP contribution in [0.3, 0.4) is 0 Å². The number of allylic oxidation sites excluding steroid dienone is 1. The average molecular weight is 260 g/mol. The molecule has 0 amide bonds. The Balaban J connectivity index is 1.97. The van der Waals surface area contributed by atoms with Gasteiger partial charge in [-0.15, -0.1) is 11.7 Å². The van der Waals surface area contributed by atoms with Gasteiger partial charge in [0.2, 0.25) is 5.16 Å². The van der Waals surface area contributed by atoms with Crippen LogP contribution in [-0.2, 0) is 6.54 Å². The first kappa shape index (κ1) is 12.5. The molecule has 0 aliphatic rings. The summed E-state index contributed by atoms with van der Waals surface area (Å²) in [5, 5.41) is 11.9. The monoisotopic (exact) mass is 260 g/mol. The van der Waals surface area contributed by atoms with E-state index in [9.17, 15) is 4.79 Å². The van der Waals surface area contributed by atoms with E-state index in [1.807, 2.05) is 18.2 Å². The molecular weight excluding hydrogens is 248 g/mol. The van der Waals surface area contributed by atoms with Gasteiger partial charge in [0.1, 0.15) is 0 Å². The third kappa shape index (κ3) is 3.04. The minimum Gasteiger partial charge on any atom is -0.293 e. The Morgan fingerprint density at radius 2 is 2.17 bits per heavy atom. The number of Topliss-reactive ketones (excluding diaryl/α,β-unsaturated/α-hetero) is 1. The number of carbonyl (C=O) groups is 1. The number of benzene rings is 1. The largest absolute Gasteiger partial charge is 0.293 e. The molecule has 0 saturated heterocycles. The van der Waals surface area contributed by atoms with E-state index in [1.165, 1.54) is 11.8 Å². The Labute approximate surface area is 109 Å². The maximum absolute atomic E-state index is 11.9. The standard InChI is InChI=1S/C12H12N4OS/c1-2-8-16-12(13-14-15-16)18-9-11(17)10-6-4-3-5-7-10/h2-7H,1,8-9H2. The summed E-state index contributed by atoms with van der Waals surface area (Å²) in [6.07, 6.45) is 1.71. The Kier molecular flexibility index (Phi) is 4.25. The molecule has 1 heterocycles. The fraction of sp³-hybridized carbons (Fsp3) is 0.167. The summed E-state index contributed by atoms with van der Waals surface area (Å²) in [5.41, 5.74) is 0.702. The van der Waals surface area contributed by atoms with Crippen molar-refractivity contribution in [3.8, 4) is 0 Å². The van der Waals surface area contributed by atoms with Crippen LogP contribution in [0.25, 0.3) is 0 Å². The lowest BCUT2D eigenvalue weighted by molar-refractivity contribution is 0.102. The van der Waals surface area contributed by atoms with Crippen molar-refractivity contribution in [2.24, 2.45) is 0 Å². The molecule has 1 aromatic heterocycles. The van der Waals surface area contributed by atoms with Gasteiger partial charge >= 0.3 is 0 Å². The molecule has 0 aliphatic carbocycles. The van der Waals surface area contributed by atoms with Gasteiger partial charge in [-0.1, -0.05) is 48.2 Å². The summed E-state index contributed by atoms with van der Waals surface area (Å²) in [6.45, 7) is 4.16. The van der Waals surface area contributed by atoms with E-state index in [4.69, 9.17) is 0 Å². The zero-order valence-electron chi connectivity index (χ0n) is 9.69. The summed E-state index contributed by atoms with van der Waals surface area (Å²) in [6, 6.07) is 9.18. The van der Waals surface area contributed by atoms with E-state index in [0.717, 1.165) is 0 Å². The normalized spacial score (nSPS) is 10.2. The van der Waals surface area contributed by atoms with E-state index < -0.39 is 0 Å². The molecule has 2 rings (SSSR count). The van der Waals surface area contributed by atoms with Gasteiger partial charge in [-0.3, -0.25) is 4.79 Å². The maximum atomic E-state index is 11.9. The molecule has 0 aliphatic heterocycles. The van der Waals surface area contributed by atoms with Crippen molar-refractivity contribution in [1.29, 1.82) is 0 Å². The highest BCUT2D eigenvalue weighted by molar-refractivity contribution is 7.99. The van der Waals surface area contributed by atoms with Crippen molar-refractivity contribution in [2.45, 2.75) is 11.7 Å². The molecule has 0 saturated carbocycles. The zero-order valence-corrected chi connectivity index (χ0v) is 10.5. The first-order valence-corrected chi connectivity index (χ1v) is 6.38. The van der Waals surface area contributed by atoms with Crippen molar-refractivity contribution < 1.29 is 4.79 Å². The Morgan fingerprint density at radius 3 is 2.89 bits per heavy atom. The molecule has 0 bridgehead atoms. The topological polar surface area (TPSA) is 60.7 Å². The van der Waals surface area contributed by atoms with Gasteiger partial charge in [-0.25, -0.2) is 4.68 Å². The summed E-state index contributed by atoms with van der Waals surface area (Å²) in [5.74, 6) is 0.385. The highest BCUT2D eigenvalue weighted by Crippen LogP contribution is 2.15. The smallest absolute Gasteiger partial charge is 0.210 e. The fourth-order valence-electron chi connectivity index (χ4n) is 1.37. The van der Waals surface area contributed by atoms with E-state index in [2.05, 4.69) is 22.1 Å². The molecule has 5 nitrogen and oxygen atoms in total. The lowest BCUT2D eigenvalue weighted by Crippen LogP contribution is -2.05. The highest BCUT2D eigenvalue weighted by atomic mass is 32.2. The van der Waals surface area contributed by atoms with E-state index >= 15 is 0 Å². The molecule has 6 heteroatoms. The maximum Gasteiger partial charge on any atom is 0.210 e. The number of thioether (sulfide) groups is 1. The lowest BCUT2D eigenvalue weighted by atomic mass is 10.2. The van der Waals surface area contributed by atoms with Gasteiger partial charge in [0.05, 0.1) is 12.3 Å². The first-order chi connectivity index (χ1) is 8.81. The van der Waals surface area contributed by atoms with Crippen molar-refractivity contribution in [1.82, 2.24) is 20.2 Å². The SMILES string of the molecule is C=CCn1nnnc1SCC(=O)c1ccccc1. The van der Waals surface area contributed by atoms with Gasteiger partial charge in [-0.05, 0) is 10.4 Å². The van der Waals surface area contributed by atoms with Crippen LogP contribution in [0.5, 0.6) is 0 Å². The second-order valence-electron chi connectivity index (χ2n) is 3.51. The highest BCUT2D eigenvalue weighted by Gasteiger charge is 2.10. The summed E-state index contributed by atoms with van der Waals surface area (Å²) in [7, 11) is 0. The number of ketones is 1. The Bertz CT molecular complexity index is 538. The number of carbonyl (C=O) groups excluding carboxylic acids is 1. The minimum absolute atomic E-state index is 0.0637. The Morgan fingerprint density at radius 1 is 1.39 bits per heavy atom. The molecule has 0 atom stereocenters. The van der Waals surface area contributed by atoms with E-state index in [-0.39, 0.29) is 5.78 Å². The van der Waals surface area contributed by atoms with Gasteiger partial charge in [0, 0.05) is 5.56 Å². The number of hydrogen-bond acceptors (Lipinski definition) is 5. The molecule has 1 aromatic carbocycles. The quantitative estimate of drug-likeness (QED) is 0.450. The molecule has 92 valence electrons. The van der Waals surface area contributed by atoms with Gasteiger partial charge in [0.25, 0.3) is 0 Å². The molecule has 2 aromatic rings. The second kappa shape index (κ2) is 6.11. The zero-order chi connectivity index (χ0) is 12.8. The fourth-order valence-corrected chi connectivity index (χ4v) is 2.16. The van der Waals surface area contributed by atoms with Crippen LogP contribution < -0.4 is 0 Å². The number of rotatable bonds is 6. The lowest BCUT2D eigenvalue weighted by Gasteiger charge is -2.01. The van der Waals surface area contributed by atoms with Crippen LogP contribution in [-0.4, -0.2) is 31.7 Å². The van der Waals surface area contributed by atoms with Gasteiger partial charge in [0.15, 0.2) is 5.78 Å². The van der Waals surface area contributed by atoms with Crippen molar-refractivity contribution in [3.05, 3.63) is 48.6 Å². The predicted molar refractivity (Wildman–Crippen MR) is 69.5 cm³/mol. The summed E-state index contributed by atoms with van der Waals surface area (Å²) >= 11 is 1.33. The van der Waals surface area contributed by atoms with Crippen LogP contribution in [0.15, 0.2) is 48.1 Å². The predicted octanol–water partition coefficient (Wildman–Crippen LogP) is 1.83. The van der Waals surface area contributed by atoms with Crippen molar-refractivity contribution in [2.75, 3.05) is 5.75 Å². The number of aromatic nitrogens is 4. The van der Waals surface area contributed by atoms with Crippen LogP contribution in [0, 0.1) is 0 Å². The van der Waals surface area contributed by atoms with Gasteiger partial charge in [-0.2, -0.15) is 0 Å². The van der Waals surface area contributed by atoms with Crippen molar-refractivity contribution in [3.63, 3.8) is 0 Å². The van der Waals surface area contributed by atoms with Crippen LogP contribution in [0.2, 0.25) is 0 Å². The molecule has 0 N–H and O–H groups in total. The average Bonchev–Trinajstić information content (AvgIpc) is 2.85. The second-order valence-corrected chi connectivity index (χ2v) is 4.45.